The van der Waals surface area contributed by atoms with Gasteiger partial charge in [0.2, 0.25) is 0 Å². The van der Waals surface area contributed by atoms with Crippen LogP contribution in [0.15, 0.2) is 20.7 Å². The van der Waals surface area contributed by atoms with E-state index in [4.69, 9.17) is 0 Å². The number of halogens is 2. The lowest BCUT2D eigenvalue weighted by Gasteiger charge is -1.92. The van der Waals surface area contributed by atoms with Crippen LogP contribution in [0, 0.1) is 0 Å². The standard InChI is InChI=1S/C6H2Br2N2S/c7-4-5(8)10-6-3(9-4)1-2-11-6/h1-2H. The fourth-order valence-electron chi connectivity index (χ4n) is 0.750. The second-order valence-corrected chi connectivity index (χ2v) is 4.31. The number of nitrogens with zero attached hydrogens (tertiary/aromatic N) is 2. The first-order valence-corrected chi connectivity index (χ1v) is 5.30. The topological polar surface area (TPSA) is 25.8 Å². The van der Waals surface area contributed by atoms with E-state index >= 15 is 0 Å². The molecule has 0 saturated carbocycles. The molecule has 2 heterocycles. The summed E-state index contributed by atoms with van der Waals surface area (Å²) >= 11 is 8.16. The van der Waals surface area contributed by atoms with Gasteiger partial charge in [-0.2, -0.15) is 0 Å². The Hall–Kier alpha value is -0.000000000000000111. The average Bonchev–Trinajstić information content (AvgIpc) is 2.36. The molecule has 2 aromatic heterocycles. The SMILES string of the molecule is Brc1nc2ccsc2nc1Br. The van der Waals surface area contributed by atoms with Gasteiger partial charge in [0.05, 0.1) is 0 Å². The Morgan fingerprint density at radius 3 is 2.73 bits per heavy atom. The number of fused-ring (bicyclic) bond motifs is 1. The molecule has 2 nitrogen and oxygen atoms in total. The predicted molar refractivity (Wildman–Crippen MR) is 52.8 cm³/mol. The highest BCUT2D eigenvalue weighted by atomic mass is 79.9. The Balaban J connectivity index is 2.86. The Morgan fingerprint density at radius 1 is 1.18 bits per heavy atom. The van der Waals surface area contributed by atoms with Gasteiger partial charge >= 0.3 is 0 Å². The smallest absolute Gasteiger partial charge is 0.143 e. The van der Waals surface area contributed by atoms with Crippen molar-refractivity contribution < 1.29 is 0 Å². The van der Waals surface area contributed by atoms with E-state index in [1.807, 2.05) is 11.4 Å². The average molecular weight is 294 g/mol. The van der Waals surface area contributed by atoms with Gasteiger partial charge in [-0.3, -0.25) is 0 Å². The van der Waals surface area contributed by atoms with Gasteiger partial charge in [-0.05, 0) is 43.3 Å². The molecule has 0 radical (unpaired) electrons. The van der Waals surface area contributed by atoms with Gasteiger partial charge in [-0.25, -0.2) is 9.97 Å². The minimum atomic E-state index is 0.753. The van der Waals surface area contributed by atoms with E-state index in [1.54, 1.807) is 11.3 Å². The Labute approximate surface area is 83.9 Å². The molecule has 0 unspecified atom stereocenters. The second kappa shape index (κ2) is 2.80. The molecule has 5 heteroatoms. The van der Waals surface area contributed by atoms with Crippen LogP contribution in [0.3, 0.4) is 0 Å². The Bertz CT molecular complexity index is 362. The van der Waals surface area contributed by atoms with Crippen molar-refractivity contribution in [2.45, 2.75) is 0 Å². The summed E-state index contributed by atoms with van der Waals surface area (Å²) in [6.45, 7) is 0. The van der Waals surface area contributed by atoms with Crippen LogP contribution in [-0.4, -0.2) is 9.97 Å². The van der Waals surface area contributed by atoms with Crippen molar-refractivity contribution in [1.82, 2.24) is 9.97 Å². The summed E-state index contributed by atoms with van der Waals surface area (Å²) in [5.74, 6) is 0. The molecule has 0 aliphatic carbocycles. The summed E-state index contributed by atoms with van der Waals surface area (Å²) in [7, 11) is 0. The predicted octanol–water partition coefficient (Wildman–Crippen LogP) is 3.22. The van der Waals surface area contributed by atoms with Gasteiger partial charge in [-0.1, -0.05) is 0 Å². The normalized spacial score (nSPS) is 10.7. The maximum absolute atomic E-state index is 4.26. The maximum atomic E-state index is 4.26. The van der Waals surface area contributed by atoms with E-state index < -0.39 is 0 Å². The third-order valence-corrected chi connectivity index (χ3v) is 3.65. The van der Waals surface area contributed by atoms with Crippen LogP contribution in [0.2, 0.25) is 0 Å². The van der Waals surface area contributed by atoms with Crippen molar-refractivity contribution in [3.63, 3.8) is 0 Å². The van der Waals surface area contributed by atoms with Gasteiger partial charge in [0.15, 0.2) is 0 Å². The second-order valence-electron chi connectivity index (χ2n) is 1.92. The molecule has 0 fully saturated rings. The van der Waals surface area contributed by atoms with E-state index in [2.05, 4.69) is 41.8 Å². The van der Waals surface area contributed by atoms with Crippen LogP contribution in [0.5, 0.6) is 0 Å². The number of hydrogen-bond donors (Lipinski definition) is 0. The molecular weight excluding hydrogens is 292 g/mol. The fraction of sp³-hybridized carbons (Fsp3) is 0. The van der Waals surface area contributed by atoms with Crippen molar-refractivity contribution in [1.29, 1.82) is 0 Å². The van der Waals surface area contributed by atoms with E-state index in [0.717, 1.165) is 19.6 Å². The minimum absolute atomic E-state index is 0.753. The van der Waals surface area contributed by atoms with Crippen LogP contribution < -0.4 is 0 Å². The molecule has 11 heavy (non-hydrogen) atoms. The van der Waals surface area contributed by atoms with Gasteiger partial charge in [-0.15, -0.1) is 11.3 Å². The number of aromatic nitrogens is 2. The summed E-state index contributed by atoms with van der Waals surface area (Å²) in [5.41, 5.74) is 0.935. The van der Waals surface area contributed by atoms with Crippen molar-refractivity contribution in [3.05, 3.63) is 20.7 Å². The maximum Gasteiger partial charge on any atom is 0.143 e. The molecule has 0 aliphatic heterocycles. The molecular formula is C6H2Br2N2S. The quantitative estimate of drug-likeness (QED) is 0.745. The first-order valence-electron chi connectivity index (χ1n) is 2.83. The van der Waals surface area contributed by atoms with Crippen LogP contribution in [0.25, 0.3) is 10.3 Å². The molecule has 2 aromatic rings. The van der Waals surface area contributed by atoms with Gasteiger partial charge in [0.25, 0.3) is 0 Å². The zero-order valence-electron chi connectivity index (χ0n) is 5.21. The summed E-state index contributed by atoms with van der Waals surface area (Å²) < 4.78 is 1.51. The van der Waals surface area contributed by atoms with Crippen molar-refractivity contribution in [3.8, 4) is 0 Å². The molecule has 0 spiro atoms. The van der Waals surface area contributed by atoms with Crippen LogP contribution in [0.1, 0.15) is 0 Å². The molecule has 56 valence electrons. The van der Waals surface area contributed by atoms with E-state index in [9.17, 15) is 0 Å². The monoisotopic (exact) mass is 292 g/mol. The highest BCUT2D eigenvalue weighted by molar-refractivity contribution is 9.13. The highest BCUT2D eigenvalue weighted by Crippen LogP contribution is 2.24. The number of rotatable bonds is 0. The molecule has 0 aliphatic rings. The minimum Gasteiger partial charge on any atom is -0.235 e. The molecule has 0 atom stereocenters. The van der Waals surface area contributed by atoms with Crippen molar-refractivity contribution in [2.75, 3.05) is 0 Å². The zero-order valence-corrected chi connectivity index (χ0v) is 9.20. The summed E-state index contributed by atoms with van der Waals surface area (Å²) in [6.07, 6.45) is 0. The lowest BCUT2D eigenvalue weighted by molar-refractivity contribution is 1.22. The summed E-state index contributed by atoms with van der Waals surface area (Å²) in [5, 5.41) is 1.98. The van der Waals surface area contributed by atoms with E-state index in [-0.39, 0.29) is 0 Å². The zero-order chi connectivity index (χ0) is 7.84. The molecule has 0 saturated heterocycles. The van der Waals surface area contributed by atoms with Gasteiger partial charge in [0.1, 0.15) is 19.6 Å². The van der Waals surface area contributed by atoms with Crippen molar-refractivity contribution >= 4 is 53.5 Å². The largest absolute Gasteiger partial charge is 0.235 e. The van der Waals surface area contributed by atoms with Gasteiger partial charge < -0.3 is 0 Å². The van der Waals surface area contributed by atoms with Crippen LogP contribution in [0.4, 0.5) is 0 Å². The van der Waals surface area contributed by atoms with E-state index in [1.165, 1.54) is 0 Å². The van der Waals surface area contributed by atoms with E-state index in [0.29, 0.717) is 0 Å². The summed E-state index contributed by atoms with van der Waals surface area (Å²) in [6, 6.07) is 1.95. The van der Waals surface area contributed by atoms with Crippen LogP contribution in [-0.2, 0) is 0 Å². The molecule has 0 aromatic carbocycles. The molecule has 0 bridgehead atoms. The number of thiophene rings is 1. The first-order chi connectivity index (χ1) is 5.27. The van der Waals surface area contributed by atoms with Crippen molar-refractivity contribution in [2.24, 2.45) is 0 Å². The molecule has 2 rings (SSSR count). The number of hydrogen-bond acceptors (Lipinski definition) is 3. The fourth-order valence-corrected chi connectivity index (χ4v) is 2.12. The highest BCUT2D eigenvalue weighted by Gasteiger charge is 2.03. The first kappa shape index (κ1) is 7.64. The van der Waals surface area contributed by atoms with Crippen LogP contribution >= 0.6 is 43.2 Å². The Morgan fingerprint density at radius 2 is 1.91 bits per heavy atom. The summed E-state index contributed by atoms with van der Waals surface area (Å²) in [4.78, 5) is 9.47. The third kappa shape index (κ3) is 1.32. The molecule has 0 amide bonds. The lowest BCUT2D eigenvalue weighted by atomic mass is 10.5. The lowest BCUT2D eigenvalue weighted by Crippen LogP contribution is -1.81. The van der Waals surface area contributed by atoms with Gasteiger partial charge in [0, 0.05) is 0 Å². The Kier molecular flexibility index (Phi) is 1.95. The molecule has 0 N–H and O–H groups in total. The third-order valence-electron chi connectivity index (χ3n) is 1.21.